The lowest BCUT2D eigenvalue weighted by Gasteiger charge is -2.47. The third-order valence-electron chi connectivity index (χ3n) is 5.43. The number of hydrogen-bond donors (Lipinski definition) is 2. The smallest absolute Gasteiger partial charge is 0.169 e. The first-order chi connectivity index (χ1) is 14.2. The SMILES string of the molecule is COc1ccc(CN(Cc2cccnc2)C(=S)NC2CC(C)(C)NC(C)(C)C2)cc1. The molecule has 0 unspecified atom stereocenters. The number of thiocarbonyl (C=S) groups is 1. The Bertz CT molecular complexity index is 820. The van der Waals surface area contributed by atoms with E-state index in [0.717, 1.165) is 35.8 Å². The van der Waals surface area contributed by atoms with Gasteiger partial charge < -0.3 is 20.3 Å². The van der Waals surface area contributed by atoms with Gasteiger partial charge in [-0.1, -0.05) is 18.2 Å². The quantitative estimate of drug-likeness (QED) is 0.673. The van der Waals surface area contributed by atoms with Crippen LogP contribution in [0.3, 0.4) is 0 Å². The van der Waals surface area contributed by atoms with Crippen LogP contribution in [0.25, 0.3) is 0 Å². The third-order valence-corrected chi connectivity index (χ3v) is 5.81. The highest BCUT2D eigenvalue weighted by Gasteiger charge is 2.38. The minimum absolute atomic E-state index is 0.0686. The Labute approximate surface area is 186 Å². The monoisotopic (exact) mass is 426 g/mol. The van der Waals surface area contributed by atoms with Crippen molar-refractivity contribution >= 4 is 17.3 Å². The van der Waals surface area contributed by atoms with Crippen molar-refractivity contribution in [2.45, 2.75) is 70.7 Å². The van der Waals surface area contributed by atoms with Crippen LogP contribution in [0.5, 0.6) is 5.75 Å². The van der Waals surface area contributed by atoms with Gasteiger partial charge in [0, 0.05) is 42.6 Å². The zero-order chi connectivity index (χ0) is 21.8. The van der Waals surface area contributed by atoms with Crippen LogP contribution in [0, 0.1) is 0 Å². The first kappa shape index (κ1) is 22.5. The summed E-state index contributed by atoms with van der Waals surface area (Å²) in [5.74, 6) is 0.859. The Kier molecular flexibility index (Phi) is 6.98. The van der Waals surface area contributed by atoms with Gasteiger partial charge in [-0.15, -0.1) is 0 Å². The fourth-order valence-electron chi connectivity index (χ4n) is 4.55. The lowest BCUT2D eigenvalue weighted by molar-refractivity contribution is 0.153. The predicted molar refractivity (Wildman–Crippen MR) is 127 cm³/mol. The van der Waals surface area contributed by atoms with E-state index in [1.54, 1.807) is 13.3 Å². The predicted octanol–water partition coefficient (Wildman–Crippen LogP) is 4.28. The number of hydrogen-bond acceptors (Lipinski definition) is 4. The molecule has 0 amide bonds. The molecule has 0 bridgehead atoms. The van der Waals surface area contributed by atoms with E-state index in [1.165, 1.54) is 5.56 Å². The first-order valence-electron chi connectivity index (χ1n) is 10.5. The molecule has 2 aromatic rings. The number of benzene rings is 1. The average molecular weight is 427 g/mol. The highest BCUT2D eigenvalue weighted by molar-refractivity contribution is 7.80. The maximum Gasteiger partial charge on any atom is 0.169 e. The molecule has 0 atom stereocenters. The molecular formula is C24H34N4OS. The summed E-state index contributed by atoms with van der Waals surface area (Å²) in [5.41, 5.74) is 2.47. The maximum absolute atomic E-state index is 5.90. The van der Waals surface area contributed by atoms with Gasteiger partial charge in [-0.2, -0.15) is 0 Å². The van der Waals surface area contributed by atoms with Gasteiger partial charge in [-0.05, 0) is 82.1 Å². The normalized spacial score (nSPS) is 17.9. The van der Waals surface area contributed by atoms with Gasteiger partial charge in [0.25, 0.3) is 0 Å². The Hall–Kier alpha value is -2.18. The van der Waals surface area contributed by atoms with E-state index >= 15 is 0 Å². The molecule has 30 heavy (non-hydrogen) atoms. The van der Waals surface area contributed by atoms with Crippen molar-refractivity contribution in [1.29, 1.82) is 0 Å². The van der Waals surface area contributed by atoms with Gasteiger partial charge in [0.2, 0.25) is 0 Å². The Morgan fingerprint density at radius 3 is 2.30 bits per heavy atom. The molecule has 3 rings (SSSR count). The van der Waals surface area contributed by atoms with Gasteiger partial charge >= 0.3 is 0 Å². The van der Waals surface area contributed by atoms with Gasteiger partial charge in [0.1, 0.15) is 5.75 Å². The van der Waals surface area contributed by atoms with Crippen molar-refractivity contribution in [2.75, 3.05) is 7.11 Å². The van der Waals surface area contributed by atoms with Crippen LogP contribution in [0.2, 0.25) is 0 Å². The van der Waals surface area contributed by atoms with E-state index < -0.39 is 0 Å². The van der Waals surface area contributed by atoms with Crippen molar-refractivity contribution in [3.63, 3.8) is 0 Å². The highest BCUT2D eigenvalue weighted by Crippen LogP contribution is 2.28. The number of nitrogens with one attached hydrogen (secondary N) is 2. The fraction of sp³-hybridized carbons (Fsp3) is 0.500. The summed E-state index contributed by atoms with van der Waals surface area (Å²) >= 11 is 5.90. The zero-order valence-corrected chi connectivity index (χ0v) is 19.6. The molecule has 0 spiro atoms. The number of nitrogens with zero attached hydrogens (tertiary/aromatic N) is 2. The van der Waals surface area contributed by atoms with Crippen LogP contribution < -0.4 is 15.4 Å². The summed E-state index contributed by atoms with van der Waals surface area (Å²) in [6, 6.07) is 12.6. The molecule has 2 N–H and O–H groups in total. The van der Waals surface area contributed by atoms with Crippen LogP contribution in [0.15, 0.2) is 48.8 Å². The average Bonchev–Trinajstić information content (AvgIpc) is 2.66. The van der Waals surface area contributed by atoms with Crippen molar-refractivity contribution in [3.05, 3.63) is 59.9 Å². The standard InChI is InChI=1S/C24H34N4OS/c1-23(2)13-20(14-24(3,4)27-23)26-22(30)28(17-19-7-6-12-25-15-19)16-18-8-10-21(29-5)11-9-18/h6-12,15,20,27H,13-14,16-17H2,1-5H3,(H,26,30). The van der Waals surface area contributed by atoms with Crippen LogP contribution in [-0.2, 0) is 13.1 Å². The van der Waals surface area contributed by atoms with Gasteiger partial charge in [-0.3, -0.25) is 4.98 Å². The zero-order valence-electron chi connectivity index (χ0n) is 18.7. The number of pyridine rings is 1. The molecule has 2 heterocycles. The number of piperidine rings is 1. The molecule has 162 valence electrons. The molecule has 1 aromatic heterocycles. The third kappa shape index (κ3) is 6.41. The molecule has 1 aliphatic heterocycles. The van der Waals surface area contributed by atoms with E-state index in [2.05, 4.69) is 66.4 Å². The van der Waals surface area contributed by atoms with E-state index in [0.29, 0.717) is 12.6 Å². The summed E-state index contributed by atoms with van der Waals surface area (Å²) in [5, 5.41) is 8.19. The van der Waals surface area contributed by atoms with Crippen LogP contribution >= 0.6 is 12.2 Å². The Balaban J connectivity index is 1.75. The summed E-state index contributed by atoms with van der Waals surface area (Å²) in [7, 11) is 1.69. The van der Waals surface area contributed by atoms with E-state index in [-0.39, 0.29) is 11.1 Å². The molecule has 1 aliphatic rings. The van der Waals surface area contributed by atoms with E-state index in [4.69, 9.17) is 17.0 Å². The Morgan fingerprint density at radius 1 is 1.10 bits per heavy atom. The van der Waals surface area contributed by atoms with Crippen molar-refractivity contribution in [3.8, 4) is 5.75 Å². The topological polar surface area (TPSA) is 49.4 Å². The number of methoxy groups -OCH3 is 1. The molecule has 5 nitrogen and oxygen atoms in total. The molecule has 1 aromatic carbocycles. The molecule has 1 fully saturated rings. The van der Waals surface area contributed by atoms with E-state index in [1.807, 2.05) is 24.4 Å². The van der Waals surface area contributed by atoms with E-state index in [9.17, 15) is 0 Å². The van der Waals surface area contributed by atoms with Crippen LogP contribution in [0.1, 0.15) is 51.7 Å². The second-order valence-electron chi connectivity index (χ2n) is 9.51. The lowest BCUT2D eigenvalue weighted by Crippen LogP contribution is -2.62. The molecule has 0 aliphatic carbocycles. The second kappa shape index (κ2) is 9.31. The van der Waals surface area contributed by atoms with Crippen molar-refractivity contribution in [1.82, 2.24) is 20.5 Å². The largest absolute Gasteiger partial charge is 0.497 e. The molecular weight excluding hydrogens is 392 g/mol. The van der Waals surface area contributed by atoms with Crippen molar-refractivity contribution < 1.29 is 4.74 Å². The number of ether oxygens (including phenoxy) is 1. The summed E-state index contributed by atoms with van der Waals surface area (Å²) in [6.07, 6.45) is 5.76. The lowest BCUT2D eigenvalue weighted by atomic mass is 9.80. The van der Waals surface area contributed by atoms with Crippen LogP contribution in [0.4, 0.5) is 0 Å². The maximum atomic E-state index is 5.90. The summed E-state index contributed by atoms with van der Waals surface area (Å²) in [6.45, 7) is 10.5. The minimum atomic E-state index is 0.0686. The first-order valence-corrected chi connectivity index (χ1v) is 10.9. The molecule has 0 radical (unpaired) electrons. The fourth-order valence-corrected chi connectivity index (χ4v) is 4.85. The summed E-state index contributed by atoms with van der Waals surface area (Å²) in [4.78, 5) is 6.48. The van der Waals surface area contributed by atoms with Crippen molar-refractivity contribution in [2.24, 2.45) is 0 Å². The van der Waals surface area contributed by atoms with Gasteiger partial charge in [0.05, 0.1) is 7.11 Å². The molecule has 1 saturated heterocycles. The summed E-state index contributed by atoms with van der Waals surface area (Å²) < 4.78 is 5.29. The minimum Gasteiger partial charge on any atom is -0.497 e. The van der Waals surface area contributed by atoms with Crippen LogP contribution in [-0.4, -0.2) is 39.2 Å². The molecule has 6 heteroatoms. The van der Waals surface area contributed by atoms with Gasteiger partial charge in [-0.25, -0.2) is 0 Å². The number of rotatable bonds is 6. The highest BCUT2D eigenvalue weighted by atomic mass is 32.1. The van der Waals surface area contributed by atoms with Gasteiger partial charge in [0.15, 0.2) is 5.11 Å². The Morgan fingerprint density at radius 2 is 1.73 bits per heavy atom. The molecule has 0 saturated carbocycles. The second-order valence-corrected chi connectivity index (χ2v) is 9.90. The number of aromatic nitrogens is 1.